The van der Waals surface area contributed by atoms with Crippen molar-refractivity contribution in [3.8, 4) is 22.8 Å². The summed E-state index contributed by atoms with van der Waals surface area (Å²) in [5, 5.41) is 10.6. The topological polar surface area (TPSA) is 63.3 Å². The van der Waals surface area contributed by atoms with Crippen LogP contribution in [0.5, 0.6) is 0 Å². The van der Waals surface area contributed by atoms with Crippen molar-refractivity contribution < 1.29 is 14.3 Å². The van der Waals surface area contributed by atoms with E-state index in [1.165, 1.54) is 11.6 Å². The first-order valence-corrected chi connectivity index (χ1v) is 9.88. The van der Waals surface area contributed by atoms with E-state index in [1.807, 2.05) is 24.3 Å². The summed E-state index contributed by atoms with van der Waals surface area (Å²) in [5.41, 5.74) is 3.43. The second-order valence-corrected chi connectivity index (χ2v) is 7.55. The lowest BCUT2D eigenvalue weighted by Crippen LogP contribution is -2.00. The van der Waals surface area contributed by atoms with Crippen molar-refractivity contribution in [2.45, 2.75) is 26.2 Å². The zero-order chi connectivity index (χ0) is 20.5. The molecule has 0 amide bonds. The lowest BCUT2D eigenvalue weighted by molar-refractivity contribution is 0.0699. The molecular weight excluding hydrogens is 386 g/mol. The van der Waals surface area contributed by atoms with Gasteiger partial charge in [0.15, 0.2) is 5.76 Å². The van der Waals surface area contributed by atoms with Gasteiger partial charge in [0.05, 0.1) is 11.1 Å². The third kappa shape index (κ3) is 3.76. The third-order valence-corrected chi connectivity index (χ3v) is 5.47. The Kier molecular flexibility index (Phi) is 5.12. The zero-order valence-electron chi connectivity index (χ0n) is 16.1. The Morgan fingerprint density at radius 2 is 1.79 bits per heavy atom. The van der Waals surface area contributed by atoms with Crippen LogP contribution in [0.2, 0.25) is 5.02 Å². The van der Waals surface area contributed by atoms with Crippen molar-refractivity contribution in [2.24, 2.45) is 0 Å². The molecule has 4 nitrogen and oxygen atoms in total. The monoisotopic (exact) mass is 405 g/mol. The van der Waals surface area contributed by atoms with E-state index < -0.39 is 5.97 Å². The smallest absolute Gasteiger partial charge is 0.336 e. The molecule has 2 aromatic heterocycles. The predicted molar refractivity (Wildman–Crippen MR) is 116 cm³/mol. The van der Waals surface area contributed by atoms with Gasteiger partial charge in [-0.2, -0.15) is 0 Å². The number of hydrogen-bond donors (Lipinski definition) is 1. The summed E-state index contributed by atoms with van der Waals surface area (Å²) >= 11 is 6.02. The van der Waals surface area contributed by atoms with E-state index in [2.05, 4.69) is 31.0 Å². The van der Waals surface area contributed by atoms with Crippen LogP contribution in [0.4, 0.5) is 0 Å². The summed E-state index contributed by atoms with van der Waals surface area (Å²) in [4.78, 5) is 16.3. The van der Waals surface area contributed by atoms with Crippen LogP contribution in [-0.2, 0) is 0 Å². The fraction of sp³-hybridized carbons (Fsp3) is 0.167. The van der Waals surface area contributed by atoms with E-state index in [-0.39, 0.29) is 5.56 Å². The SMILES string of the molecule is CC[C@@H](C)c1ccc(-c2ccc(-c3cc(C(=O)O)c4cc(Cl)ccc4n3)o2)cc1. The Labute approximate surface area is 173 Å². The summed E-state index contributed by atoms with van der Waals surface area (Å²) in [6.07, 6.45) is 1.09. The van der Waals surface area contributed by atoms with Gasteiger partial charge >= 0.3 is 5.97 Å². The van der Waals surface area contributed by atoms with E-state index in [0.717, 1.165) is 12.0 Å². The minimum Gasteiger partial charge on any atom is -0.478 e. The molecule has 146 valence electrons. The Morgan fingerprint density at radius 3 is 2.48 bits per heavy atom. The molecule has 4 aromatic rings. The molecule has 0 radical (unpaired) electrons. The number of benzene rings is 2. The molecule has 29 heavy (non-hydrogen) atoms. The molecule has 0 saturated heterocycles. The first-order chi connectivity index (χ1) is 14.0. The zero-order valence-corrected chi connectivity index (χ0v) is 16.9. The summed E-state index contributed by atoms with van der Waals surface area (Å²) in [6.45, 7) is 4.38. The summed E-state index contributed by atoms with van der Waals surface area (Å²) in [7, 11) is 0. The Balaban J connectivity index is 1.73. The van der Waals surface area contributed by atoms with E-state index >= 15 is 0 Å². The van der Waals surface area contributed by atoms with Crippen LogP contribution in [0.3, 0.4) is 0 Å². The van der Waals surface area contributed by atoms with Gasteiger partial charge in [0.2, 0.25) is 0 Å². The number of furan rings is 1. The van der Waals surface area contributed by atoms with Gasteiger partial charge in [-0.15, -0.1) is 0 Å². The van der Waals surface area contributed by atoms with Crippen LogP contribution >= 0.6 is 11.6 Å². The molecule has 4 rings (SSSR count). The molecule has 0 aliphatic rings. The van der Waals surface area contributed by atoms with Crippen molar-refractivity contribution in [3.63, 3.8) is 0 Å². The highest BCUT2D eigenvalue weighted by Crippen LogP contribution is 2.32. The Morgan fingerprint density at radius 1 is 1.07 bits per heavy atom. The number of pyridine rings is 1. The van der Waals surface area contributed by atoms with E-state index in [0.29, 0.717) is 39.1 Å². The second-order valence-electron chi connectivity index (χ2n) is 7.12. The molecule has 2 heterocycles. The first-order valence-electron chi connectivity index (χ1n) is 9.50. The van der Waals surface area contributed by atoms with Gasteiger partial charge < -0.3 is 9.52 Å². The molecule has 0 saturated carbocycles. The number of halogens is 1. The normalized spacial score (nSPS) is 12.2. The molecule has 0 aliphatic heterocycles. The molecule has 2 aromatic carbocycles. The number of aromatic nitrogens is 1. The van der Waals surface area contributed by atoms with Gasteiger partial charge in [-0.3, -0.25) is 0 Å². The van der Waals surface area contributed by atoms with Gasteiger partial charge in [-0.05, 0) is 54.3 Å². The summed E-state index contributed by atoms with van der Waals surface area (Å²) in [5.74, 6) is 0.713. The van der Waals surface area contributed by atoms with Gasteiger partial charge in [0.25, 0.3) is 0 Å². The molecule has 1 N–H and O–H groups in total. The van der Waals surface area contributed by atoms with Crippen molar-refractivity contribution in [1.29, 1.82) is 0 Å². The van der Waals surface area contributed by atoms with Crippen molar-refractivity contribution in [2.75, 3.05) is 0 Å². The van der Waals surface area contributed by atoms with Gasteiger partial charge in [-0.1, -0.05) is 49.7 Å². The summed E-state index contributed by atoms with van der Waals surface area (Å²) < 4.78 is 6.01. The molecule has 0 fully saturated rings. The highest BCUT2D eigenvalue weighted by atomic mass is 35.5. The van der Waals surface area contributed by atoms with Crippen LogP contribution in [0.25, 0.3) is 33.7 Å². The summed E-state index contributed by atoms with van der Waals surface area (Å²) in [6, 6.07) is 18.6. The van der Waals surface area contributed by atoms with Crippen LogP contribution in [0, 0.1) is 0 Å². The minimum atomic E-state index is -1.03. The largest absolute Gasteiger partial charge is 0.478 e. The van der Waals surface area contributed by atoms with Gasteiger partial charge in [-0.25, -0.2) is 9.78 Å². The Hall–Kier alpha value is -3.11. The lowest BCUT2D eigenvalue weighted by Gasteiger charge is -2.09. The number of fused-ring (bicyclic) bond motifs is 1. The standard InChI is InChI=1S/C24H20ClNO3/c1-3-14(2)15-4-6-16(7-5-15)22-10-11-23(29-22)21-13-19(24(27)28)18-12-17(25)8-9-20(18)26-21/h4-14H,3H2,1-2H3,(H,27,28)/t14-/m1/s1. The van der Waals surface area contributed by atoms with Crippen LogP contribution in [0.15, 0.2) is 65.1 Å². The van der Waals surface area contributed by atoms with E-state index in [4.69, 9.17) is 16.0 Å². The quantitative estimate of drug-likeness (QED) is 0.387. The average Bonchev–Trinajstić information content (AvgIpc) is 3.22. The number of carboxylic acid groups (broad SMARTS) is 1. The highest BCUT2D eigenvalue weighted by molar-refractivity contribution is 6.31. The fourth-order valence-corrected chi connectivity index (χ4v) is 3.52. The molecule has 0 aliphatic carbocycles. The number of carbonyl (C=O) groups is 1. The number of carboxylic acids is 1. The second kappa shape index (κ2) is 7.72. The molecule has 0 unspecified atom stereocenters. The average molecular weight is 406 g/mol. The van der Waals surface area contributed by atoms with Crippen molar-refractivity contribution in [3.05, 3.63) is 76.8 Å². The maximum absolute atomic E-state index is 11.7. The van der Waals surface area contributed by atoms with Crippen molar-refractivity contribution in [1.82, 2.24) is 4.98 Å². The van der Waals surface area contributed by atoms with Gasteiger partial charge in [0, 0.05) is 16.0 Å². The van der Waals surface area contributed by atoms with Crippen LogP contribution < -0.4 is 0 Å². The van der Waals surface area contributed by atoms with Crippen LogP contribution in [0.1, 0.15) is 42.1 Å². The maximum atomic E-state index is 11.7. The molecule has 1 atom stereocenters. The van der Waals surface area contributed by atoms with Crippen molar-refractivity contribution >= 4 is 28.5 Å². The van der Waals surface area contributed by atoms with E-state index in [9.17, 15) is 9.90 Å². The van der Waals surface area contributed by atoms with Crippen LogP contribution in [-0.4, -0.2) is 16.1 Å². The number of nitrogens with zero attached hydrogens (tertiary/aromatic N) is 1. The number of aromatic carboxylic acids is 1. The highest BCUT2D eigenvalue weighted by Gasteiger charge is 2.16. The maximum Gasteiger partial charge on any atom is 0.336 e. The molecular formula is C24H20ClNO3. The third-order valence-electron chi connectivity index (χ3n) is 5.24. The molecule has 5 heteroatoms. The predicted octanol–water partition coefficient (Wildman–Crippen LogP) is 7.03. The minimum absolute atomic E-state index is 0.142. The molecule has 0 bridgehead atoms. The molecule has 0 spiro atoms. The fourth-order valence-electron chi connectivity index (χ4n) is 3.34. The number of rotatable bonds is 5. The Bertz CT molecular complexity index is 1190. The first kappa shape index (κ1) is 19.2. The lowest BCUT2D eigenvalue weighted by atomic mass is 9.97. The van der Waals surface area contributed by atoms with Gasteiger partial charge in [0.1, 0.15) is 11.5 Å². The number of hydrogen-bond acceptors (Lipinski definition) is 3. The van der Waals surface area contributed by atoms with E-state index in [1.54, 1.807) is 18.2 Å².